The minimum absolute atomic E-state index is 0.0267. The first-order valence-corrected chi connectivity index (χ1v) is 11.5. The van der Waals surface area contributed by atoms with Crippen LogP contribution in [0.25, 0.3) is 11.3 Å². The number of nitrogens with zero attached hydrogens (tertiary/aromatic N) is 3. The summed E-state index contributed by atoms with van der Waals surface area (Å²) in [6, 6.07) is 7.71. The van der Waals surface area contributed by atoms with Crippen molar-refractivity contribution in [3.8, 4) is 17.3 Å². The minimum Gasteiger partial charge on any atom is -0.376 e. The number of hydrogen-bond donors (Lipinski definition) is 3. The molecule has 1 aliphatic heterocycles. The first-order valence-electron chi connectivity index (χ1n) is 11.1. The monoisotopic (exact) mass is 458 g/mol. The van der Waals surface area contributed by atoms with E-state index >= 15 is 0 Å². The smallest absolute Gasteiger partial charge is 0.165 e. The first kappa shape index (κ1) is 22.7. The first-order chi connectivity index (χ1) is 15.5. The van der Waals surface area contributed by atoms with Gasteiger partial charge in [0.05, 0.1) is 28.8 Å². The largest absolute Gasteiger partial charge is 0.376 e. The van der Waals surface area contributed by atoms with Crippen LogP contribution in [0.2, 0.25) is 5.02 Å². The van der Waals surface area contributed by atoms with E-state index in [2.05, 4.69) is 26.7 Å². The van der Waals surface area contributed by atoms with Gasteiger partial charge in [0.15, 0.2) is 11.6 Å². The quantitative estimate of drug-likeness (QED) is 0.590. The second kappa shape index (κ2) is 10.4. The number of aromatic nitrogens is 2. The molecule has 0 radical (unpaired) electrons. The summed E-state index contributed by atoms with van der Waals surface area (Å²) in [5.41, 5.74) is 7.22. The van der Waals surface area contributed by atoms with E-state index in [-0.39, 0.29) is 23.9 Å². The molecule has 3 heterocycles. The zero-order valence-corrected chi connectivity index (χ0v) is 18.6. The van der Waals surface area contributed by atoms with Gasteiger partial charge in [-0.1, -0.05) is 11.6 Å². The summed E-state index contributed by atoms with van der Waals surface area (Å²) >= 11 is 6.40. The molecule has 1 saturated heterocycles. The average Bonchev–Trinajstić information content (AvgIpc) is 2.81. The normalized spacial score (nSPS) is 25.7. The molecule has 0 amide bonds. The van der Waals surface area contributed by atoms with E-state index in [1.54, 1.807) is 12.3 Å². The number of nitrogens with two attached hydrogens (primary N) is 1. The Hall–Kier alpha value is -2.47. The van der Waals surface area contributed by atoms with E-state index < -0.39 is 5.82 Å². The fraction of sp³-hybridized carbons (Fsp3) is 0.522. The third-order valence-corrected chi connectivity index (χ3v) is 6.45. The van der Waals surface area contributed by atoms with Crippen LogP contribution in [0.4, 0.5) is 16.0 Å². The maximum absolute atomic E-state index is 14.4. The number of ether oxygens (including phenoxy) is 1. The van der Waals surface area contributed by atoms with Crippen LogP contribution in [0.3, 0.4) is 0 Å². The molecule has 4 N–H and O–H groups in total. The summed E-state index contributed by atoms with van der Waals surface area (Å²) in [5, 5.41) is 16.1. The molecule has 2 fully saturated rings. The van der Waals surface area contributed by atoms with Crippen molar-refractivity contribution in [2.45, 2.75) is 56.7 Å². The summed E-state index contributed by atoms with van der Waals surface area (Å²) < 4.78 is 20.1. The Bertz CT molecular complexity index is 975. The number of halogens is 2. The predicted molar refractivity (Wildman–Crippen MR) is 123 cm³/mol. The van der Waals surface area contributed by atoms with Crippen molar-refractivity contribution in [3.63, 3.8) is 0 Å². The molecule has 32 heavy (non-hydrogen) atoms. The van der Waals surface area contributed by atoms with Gasteiger partial charge in [-0.2, -0.15) is 5.26 Å². The van der Waals surface area contributed by atoms with E-state index in [0.29, 0.717) is 47.7 Å². The zero-order valence-electron chi connectivity index (χ0n) is 17.9. The van der Waals surface area contributed by atoms with Gasteiger partial charge in [-0.3, -0.25) is 0 Å². The molecule has 1 saturated carbocycles. The average molecular weight is 459 g/mol. The van der Waals surface area contributed by atoms with Crippen molar-refractivity contribution >= 4 is 23.2 Å². The number of hydrogen-bond acceptors (Lipinski definition) is 7. The third kappa shape index (κ3) is 5.66. The molecule has 4 rings (SSSR count). The second-order valence-electron chi connectivity index (χ2n) is 8.56. The third-order valence-electron chi connectivity index (χ3n) is 6.15. The number of pyridine rings is 2. The molecule has 1 aliphatic carbocycles. The maximum atomic E-state index is 14.4. The highest BCUT2D eigenvalue weighted by Gasteiger charge is 2.23. The lowest BCUT2D eigenvalue weighted by Crippen LogP contribution is -2.33. The van der Waals surface area contributed by atoms with E-state index in [1.165, 1.54) is 6.07 Å². The molecule has 0 spiro atoms. The standard InChI is InChI=1S/C23H28ClFN6O/c24-19-13-28-22(30-16-3-1-15(27)2-4-16)10-18(19)21-6-5-20(25)23(31-21)29-12-17-9-14(11-26)7-8-32-17/h5-6,10,13-17H,1-4,7-9,12,27H2,(H,28,30)(H,29,31). The summed E-state index contributed by atoms with van der Waals surface area (Å²) in [5.74, 6) is 0.363. The molecule has 0 bridgehead atoms. The van der Waals surface area contributed by atoms with E-state index in [1.807, 2.05) is 6.07 Å². The van der Waals surface area contributed by atoms with Crippen LogP contribution in [0.1, 0.15) is 38.5 Å². The van der Waals surface area contributed by atoms with Crippen molar-refractivity contribution in [2.24, 2.45) is 11.7 Å². The molecular weight excluding hydrogens is 431 g/mol. The lowest BCUT2D eigenvalue weighted by atomic mass is 9.92. The molecule has 2 atom stereocenters. The van der Waals surface area contributed by atoms with Crippen molar-refractivity contribution < 1.29 is 9.13 Å². The van der Waals surface area contributed by atoms with Gasteiger partial charge in [0.2, 0.25) is 0 Å². The summed E-state index contributed by atoms with van der Waals surface area (Å²) in [4.78, 5) is 8.86. The molecule has 2 aromatic rings. The molecule has 170 valence electrons. The Balaban J connectivity index is 1.46. The van der Waals surface area contributed by atoms with Gasteiger partial charge in [-0.25, -0.2) is 14.4 Å². The Morgan fingerprint density at radius 2 is 2.06 bits per heavy atom. The number of rotatable bonds is 6. The molecular formula is C23H28ClFN6O. The Labute approximate surface area is 192 Å². The second-order valence-corrected chi connectivity index (χ2v) is 8.96. The van der Waals surface area contributed by atoms with Gasteiger partial charge in [-0.15, -0.1) is 0 Å². The number of nitrogens with one attached hydrogen (secondary N) is 2. The predicted octanol–water partition coefficient (Wildman–Crippen LogP) is 4.35. The SMILES string of the molecule is N#CC1CCOC(CNc2nc(-c3cc(NC4CCC(N)CC4)ncc3Cl)ccc2F)C1. The van der Waals surface area contributed by atoms with Crippen LogP contribution in [0, 0.1) is 23.1 Å². The van der Waals surface area contributed by atoms with Gasteiger partial charge in [0.1, 0.15) is 5.82 Å². The Kier molecular flexibility index (Phi) is 7.40. The maximum Gasteiger partial charge on any atom is 0.165 e. The lowest BCUT2D eigenvalue weighted by Gasteiger charge is -2.27. The molecule has 2 unspecified atom stereocenters. The van der Waals surface area contributed by atoms with Gasteiger partial charge < -0.3 is 21.1 Å². The highest BCUT2D eigenvalue weighted by Crippen LogP contribution is 2.31. The number of anilines is 2. The van der Waals surface area contributed by atoms with Crippen molar-refractivity contribution in [2.75, 3.05) is 23.8 Å². The fourth-order valence-corrected chi connectivity index (χ4v) is 4.45. The van der Waals surface area contributed by atoms with E-state index in [4.69, 9.17) is 27.3 Å². The molecule has 2 aromatic heterocycles. The Morgan fingerprint density at radius 3 is 2.84 bits per heavy atom. The van der Waals surface area contributed by atoms with Crippen LogP contribution in [0.5, 0.6) is 0 Å². The van der Waals surface area contributed by atoms with Crippen LogP contribution < -0.4 is 16.4 Å². The fourth-order valence-electron chi connectivity index (χ4n) is 4.25. The minimum atomic E-state index is -0.455. The summed E-state index contributed by atoms with van der Waals surface area (Å²) in [6.07, 6.45) is 6.78. The zero-order chi connectivity index (χ0) is 22.5. The van der Waals surface area contributed by atoms with Crippen molar-refractivity contribution in [3.05, 3.63) is 35.2 Å². The molecule has 9 heteroatoms. The molecule has 2 aliphatic rings. The Morgan fingerprint density at radius 1 is 1.25 bits per heavy atom. The summed E-state index contributed by atoms with van der Waals surface area (Å²) in [6.45, 7) is 0.919. The van der Waals surface area contributed by atoms with Crippen molar-refractivity contribution in [1.29, 1.82) is 5.26 Å². The van der Waals surface area contributed by atoms with Gasteiger partial charge in [0, 0.05) is 37.0 Å². The topological polar surface area (TPSA) is 109 Å². The number of nitriles is 1. The van der Waals surface area contributed by atoms with Crippen molar-refractivity contribution in [1.82, 2.24) is 9.97 Å². The lowest BCUT2D eigenvalue weighted by molar-refractivity contribution is 0.0104. The molecule has 7 nitrogen and oxygen atoms in total. The van der Waals surface area contributed by atoms with Crippen LogP contribution in [-0.4, -0.2) is 41.3 Å². The van der Waals surface area contributed by atoms with E-state index in [9.17, 15) is 4.39 Å². The van der Waals surface area contributed by atoms with Crippen LogP contribution in [0.15, 0.2) is 24.4 Å². The van der Waals surface area contributed by atoms with Gasteiger partial charge in [0.25, 0.3) is 0 Å². The van der Waals surface area contributed by atoms with Crippen LogP contribution in [-0.2, 0) is 4.74 Å². The van der Waals surface area contributed by atoms with Gasteiger partial charge >= 0.3 is 0 Å². The highest BCUT2D eigenvalue weighted by molar-refractivity contribution is 6.33. The highest BCUT2D eigenvalue weighted by atomic mass is 35.5. The van der Waals surface area contributed by atoms with Gasteiger partial charge in [-0.05, 0) is 56.7 Å². The molecule has 0 aromatic carbocycles. The summed E-state index contributed by atoms with van der Waals surface area (Å²) in [7, 11) is 0. The van der Waals surface area contributed by atoms with Crippen LogP contribution >= 0.6 is 11.6 Å². The van der Waals surface area contributed by atoms with E-state index in [0.717, 1.165) is 32.1 Å².